The van der Waals surface area contributed by atoms with Crippen molar-refractivity contribution in [2.45, 2.75) is 39.3 Å². The lowest BCUT2D eigenvalue weighted by molar-refractivity contribution is 0.127. The fourth-order valence-corrected chi connectivity index (χ4v) is 2.46. The van der Waals surface area contributed by atoms with Gasteiger partial charge in [-0.05, 0) is 40.3 Å². The minimum atomic E-state index is 0.669. The van der Waals surface area contributed by atoms with Crippen molar-refractivity contribution in [3.63, 3.8) is 0 Å². The monoisotopic (exact) mass is 214 g/mol. The number of hydrogen-bond donors (Lipinski definition) is 0. The second-order valence-electron chi connectivity index (χ2n) is 4.83. The van der Waals surface area contributed by atoms with E-state index in [0.29, 0.717) is 12.1 Å². The maximum absolute atomic E-state index is 5.14. The van der Waals surface area contributed by atoms with Gasteiger partial charge in [0.05, 0.1) is 6.61 Å². The number of methoxy groups -OCH3 is 1. The molecule has 3 nitrogen and oxygen atoms in total. The maximum atomic E-state index is 5.14. The highest BCUT2D eigenvalue weighted by Gasteiger charge is 2.22. The van der Waals surface area contributed by atoms with Gasteiger partial charge in [0, 0.05) is 32.3 Å². The average Bonchev–Trinajstić information content (AvgIpc) is 2.36. The van der Waals surface area contributed by atoms with Crippen LogP contribution in [0.4, 0.5) is 0 Å². The molecule has 1 heterocycles. The third kappa shape index (κ3) is 4.09. The van der Waals surface area contributed by atoms with E-state index < -0.39 is 0 Å². The van der Waals surface area contributed by atoms with Gasteiger partial charge in [0.15, 0.2) is 0 Å². The van der Waals surface area contributed by atoms with E-state index in [-0.39, 0.29) is 0 Å². The molecule has 1 fully saturated rings. The van der Waals surface area contributed by atoms with Crippen LogP contribution < -0.4 is 0 Å². The molecule has 0 bridgehead atoms. The Labute approximate surface area is 94.4 Å². The van der Waals surface area contributed by atoms with Crippen LogP contribution in [-0.2, 0) is 4.74 Å². The SMILES string of the molecule is COCCN1CCCN(C(C)C)[C@@H](C)C1. The molecule has 1 atom stereocenters. The Morgan fingerprint density at radius 3 is 2.67 bits per heavy atom. The first-order chi connectivity index (χ1) is 7.15. The molecule has 0 amide bonds. The van der Waals surface area contributed by atoms with Gasteiger partial charge < -0.3 is 4.74 Å². The first-order valence-corrected chi connectivity index (χ1v) is 6.12. The predicted molar refractivity (Wildman–Crippen MR) is 64.2 cm³/mol. The Kier molecular flexibility index (Phi) is 5.58. The first kappa shape index (κ1) is 12.9. The minimum absolute atomic E-state index is 0.669. The van der Waals surface area contributed by atoms with E-state index in [4.69, 9.17) is 4.74 Å². The van der Waals surface area contributed by atoms with E-state index in [1.165, 1.54) is 26.1 Å². The smallest absolute Gasteiger partial charge is 0.0589 e. The van der Waals surface area contributed by atoms with Crippen LogP contribution in [-0.4, -0.2) is 61.8 Å². The lowest BCUT2D eigenvalue weighted by atomic mass is 10.2. The third-order valence-electron chi connectivity index (χ3n) is 3.25. The largest absolute Gasteiger partial charge is 0.383 e. The highest BCUT2D eigenvalue weighted by Crippen LogP contribution is 2.12. The van der Waals surface area contributed by atoms with Gasteiger partial charge in [-0.15, -0.1) is 0 Å². The lowest BCUT2D eigenvalue weighted by Crippen LogP contribution is -2.43. The molecule has 1 aliphatic heterocycles. The van der Waals surface area contributed by atoms with Crippen molar-refractivity contribution in [2.75, 3.05) is 39.9 Å². The molecule has 1 rings (SSSR count). The summed E-state index contributed by atoms with van der Waals surface area (Å²) in [6, 6.07) is 1.34. The van der Waals surface area contributed by atoms with E-state index in [1.54, 1.807) is 7.11 Å². The van der Waals surface area contributed by atoms with Gasteiger partial charge >= 0.3 is 0 Å². The fraction of sp³-hybridized carbons (Fsp3) is 1.00. The highest BCUT2D eigenvalue weighted by molar-refractivity contribution is 4.78. The Bertz CT molecular complexity index is 173. The molecule has 1 saturated heterocycles. The standard InChI is InChI=1S/C12H26N2O/c1-11(2)14-7-5-6-13(8-9-15-4)10-12(14)3/h11-12H,5-10H2,1-4H3/t12-/m0/s1. The van der Waals surface area contributed by atoms with Crippen molar-refractivity contribution >= 4 is 0 Å². The van der Waals surface area contributed by atoms with Crippen LogP contribution in [0.2, 0.25) is 0 Å². The third-order valence-corrected chi connectivity index (χ3v) is 3.25. The van der Waals surface area contributed by atoms with Gasteiger partial charge in [-0.25, -0.2) is 0 Å². The second-order valence-corrected chi connectivity index (χ2v) is 4.83. The molecule has 90 valence electrons. The Hall–Kier alpha value is -0.120. The van der Waals surface area contributed by atoms with Crippen LogP contribution in [0, 0.1) is 0 Å². The molecule has 0 aromatic carbocycles. The lowest BCUT2D eigenvalue weighted by Gasteiger charge is -2.32. The van der Waals surface area contributed by atoms with Crippen LogP contribution in [0.25, 0.3) is 0 Å². The van der Waals surface area contributed by atoms with Gasteiger partial charge in [0.1, 0.15) is 0 Å². The quantitative estimate of drug-likeness (QED) is 0.704. The number of hydrogen-bond acceptors (Lipinski definition) is 3. The van der Waals surface area contributed by atoms with Crippen molar-refractivity contribution in [3.8, 4) is 0 Å². The molecule has 0 radical (unpaired) electrons. The zero-order chi connectivity index (χ0) is 11.3. The fourth-order valence-electron chi connectivity index (χ4n) is 2.46. The normalized spacial score (nSPS) is 25.8. The molecule has 0 aromatic heterocycles. The van der Waals surface area contributed by atoms with Crippen molar-refractivity contribution < 1.29 is 4.74 Å². The molecular weight excluding hydrogens is 188 g/mol. The number of ether oxygens (including phenoxy) is 1. The van der Waals surface area contributed by atoms with E-state index in [9.17, 15) is 0 Å². The zero-order valence-corrected chi connectivity index (χ0v) is 10.7. The van der Waals surface area contributed by atoms with Crippen molar-refractivity contribution in [1.29, 1.82) is 0 Å². The van der Waals surface area contributed by atoms with Gasteiger partial charge in [-0.3, -0.25) is 9.80 Å². The van der Waals surface area contributed by atoms with E-state index in [0.717, 1.165) is 13.2 Å². The molecule has 3 heteroatoms. The summed E-state index contributed by atoms with van der Waals surface area (Å²) >= 11 is 0. The van der Waals surface area contributed by atoms with Crippen LogP contribution >= 0.6 is 0 Å². The van der Waals surface area contributed by atoms with E-state index in [2.05, 4.69) is 30.6 Å². The van der Waals surface area contributed by atoms with Crippen molar-refractivity contribution in [3.05, 3.63) is 0 Å². The summed E-state index contributed by atoms with van der Waals surface area (Å²) in [5.74, 6) is 0. The van der Waals surface area contributed by atoms with Gasteiger partial charge in [0.2, 0.25) is 0 Å². The molecule has 0 unspecified atom stereocenters. The first-order valence-electron chi connectivity index (χ1n) is 6.12. The molecule has 0 N–H and O–H groups in total. The van der Waals surface area contributed by atoms with Crippen LogP contribution in [0.3, 0.4) is 0 Å². The number of rotatable bonds is 4. The Morgan fingerprint density at radius 1 is 1.33 bits per heavy atom. The Morgan fingerprint density at radius 2 is 2.07 bits per heavy atom. The summed E-state index contributed by atoms with van der Waals surface area (Å²) in [5.41, 5.74) is 0. The van der Waals surface area contributed by atoms with Crippen molar-refractivity contribution in [2.24, 2.45) is 0 Å². The summed E-state index contributed by atoms with van der Waals surface area (Å²) < 4.78 is 5.14. The summed E-state index contributed by atoms with van der Waals surface area (Å²) in [6.45, 7) is 12.5. The molecular formula is C12H26N2O. The van der Waals surface area contributed by atoms with Crippen LogP contribution in [0.5, 0.6) is 0 Å². The molecule has 0 saturated carbocycles. The molecule has 15 heavy (non-hydrogen) atoms. The van der Waals surface area contributed by atoms with Crippen LogP contribution in [0.1, 0.15) is 27.2 Å². The minimum Gasteiger partial charge on any atom is -0.383 e. The Balaban J connectivity index is 2.42. The van der Waals surface area contributed by atoms with Gasteiger partial charge in [-0.2, -0.15) is 0 Å². The topological polar surface area (TPSA) is 15.7 Å². The molecule has 0 aromatic rings. The summed E-state index contributed by atoms with van der Waals surface area (Å²) in [7, 11) is 1.78. The zero-order valence-electron chi connectivity index (χ0n) is 10.7. The summed E-state index contributed by atoms with van der Waals surface area (Å²) in [6.07, 6.45) is 1.28. The van der Waals surface area contributed by atoms with Gasteiger partial charge in [0.25, 0.3) is 0 Å². The van der Waals surface area contributed by atoms with Crippen molar-refractivity contribution in [1.82, 2.24) is 9.80 Å². The van der Waals surface area contributed by atoms with Crippen LogP contribution in [0.15, 0.2) is 0 Å². The molecule has 1 aliphatic rings. The molecule has 0 aliphatic carbocycles. The van der Waals surface area contributed by atoms with Gasteiger partial charge in [-0.1, -0.05) is 0 Å². The average molecular weight is 214 g/mol. The maximum Gasteiger partial charge on any atom is 0.0589 e. The van der Waals surface area contributed by atoms with E-state index in [1.807, 2.05) is 0 Å². The number of nitrogens with zero attached hydrogens (tertiary/aromatic N) is 2. The molecule has 0 spiro atoms. The summed E-state index contributed by atoms with van der Waals surface area (Å²) in [4.78, 5) is 5.13. The predicted octanol–water partition coefficient (Wildman–Crippen LogP) is 1.44. The van der Waals surface area contributed by atoms with E-state index >= 15 is 0 Å². The highest BCUT2D eigenvalue weighted by atomic mass is 16.5. The second kappa shape index (κ2) is 6.46. The summed E-state index contributed by atoms with van der Waals surface area (Å²) in [5, 5.41) is 0.